The van der Waals surface area contributed by atoms with Crippen LogP contribution in [0.1, 0.15) is 69.4 Å². The van der Waals surface area contributed by atoms with Crippen LogP contribution in [0.5, 0.6) is 5.75 Å². The molecule has 3 aliphatic rings. The zero-order chi connectivity index (χ0) is 28.1. The van der Waals surface area contributed by atoms with Crippen LogP contribution in [-0.4, -0.2) is 47.2 Å². The molecule has 1 aliphatic carbocycles. The summed E-state index contributed by atoms with van der Waals surface area (Å²) in [6.07, 6.45) is 5.51. The van der Waals surface area contributed by atoms with Crippen LogP contribution in [0.3, 0.4) is 0 Å². The molecule has 3 heterocycles. The van der Waals surface area contributed by atoms with E-state index in [2.05, 4.69) is 42.7 Å². The van der Waals surface area contributed by atoms with Crippen molar-refractivity contribution in [1.82, 2.24) is 14.9 Å². The van der Waals surface area contributed by atoms with Crippen LogP contribution in [0.4, 0.5) is 26.1 Å². The van der Waals surface area contributed by atoms with Gasteiger partial charge in [-0.25, -0.2) is 18.7 Å². The molecule has 0 spiro atoms. The van der Waals surface area contributed by atoms with Gasteiger partial charge < -0.3 is 19.9 Å². The average Bonchev–Trinajstić information content (AvgIpc) is 3.76. The van der Waals surface area contributed by atoms with Crippen LogP contribution < -0.4 is 15.0 Å². The minimum atomic E-state index is -0.432. The third-order valence-electron chi connectivity index (χ3n) is 8.40. The van der Waals surface area contributed by atoms with Crippen molar-refractivity contribution in [2.75, 3.05) is 30.4 Å². The molecule has 1 saturated carbocycles. The number of rotatable bonds is 6. The van der Waals surface area contributed by atoms with Crippen LogP contribution in [-0.2, 0) is 0 Å². The van der Waals surface area contributed by atoms with Crippen molar-refractivity contribution in [2.24, 2.45) is 0 Å². The first-order valence-corrected chi connectivity index (χ1v) is 14.3. The average molecular weight is 546 g/mol. The second kappa shape index (κ2) is 10.5. The molecular weight excluding hydrogens is 508 g/mol. The maximum atomic E-state index is 15.5. The number of likely N-dealkylation sites (tertiary alicyclic amines) is 1. The number of hydrogen-bond acceptors (Lipinski definition) is 6. The first-order chi connectivity index (χ1) is 19.2. The van der Waals surface area contributed by atoms with E-state index < -0.39 is 5.82 Å². The zero-order valence-electron chi connectivity index (χ0n) is 23.7. The normalized spacial score (nSPS) is 20.0. The van der Waals surface area contributed by atoms with Gasteiger partial charge in [0.1, 0.15) is 11.9 Å². The third-order valence-corrected chi connectivity index (χ3v) is 8.40. The van der Waals surface area contributed by atoms with Crippen molar-refractivity contribution in [1.29, 1.82) is 0 Å². The molecule has 6 rings (SSSR count). The smallest absolute Gasteiger partial charge is 0.227 e. The number of ether oxygens (including phenoxy) is 1. The summed E-state index contributed by atoms with van der Waals surface area (Å²) in [7, 11) is 2.10. The number of benzene rings is 2. The molecule has 1 unspecified atom stereocenters. The first-order valence-electron chi connectivity index (χ1n) is 14.3. The monoisotopic (exact) mass is 545 g/mol. The molecule has 2 aliphatic heterocycles. The molecule has 1 N–H and O–H groups in total. The van der Waals surface area contributed by atoms with Crippen molar-refractivity contribution in [3.8, 4) is 17.0 Å². The topological polar surface area (TPSA) is 53.5 Å². The van der Waals surface area contributed by atoms with E-state index in [0.29, 0.717) is 34.5 Å². The SMILES string of the molecule is C=C1C(C)Oc2c(F)cc(-c3nc(Nc4ccc(C5CCN(C)CC5)c(F)c4)ncc3C3CC3)cc2N1C(C)C. The van der Waals surface area contributed by atoms with Crippen LogP contribution >= 0.6 is 0 Å². The van der Waals surface area contributed by atoms with Crippen LogP contribution in [0.15, 0.2) is 48.8 Å². The van der Waals surface area contributed by atoms with E-state index in [9.17, 15) is 0 Å². The number of hydrogen-bond donors (Lipinski definition) is 1. The highest BCUT2D eigenvalue weighted by Crippen LogP contribution is 2.47. The van der Waals surface area contributed by atoms with Gasteiger partial charge in [0, 0.05) is 29.1 Å². The standard InChI is InChI=1S/C32H37F2N5O/c1-18(2)39-19(3)20(4)40-31-28(34)14-23(15-29(31)39)30-26(21-6-7-21)17-35-32(37-30)36-24-8-9-25(27(33)16-24)22-10-12-38(5)13-11-22/h8-9,14-18,20-22H,3,6-7,10-13H2,1-2,4-5H3,(H,35,36,37). The van der Waals surface area contributed by atoms with Gasteiger partial charge in [-0.1, -0.05) is 12.6 Å². The Morgan fingerprint density at radius 2 is 1.73 bits per heavy atom. The molecule has 2 fully saturated rings. The molecule has 1 saturated heterocycles. The van der Waals surface area contributed by atoms with Gasteiger partial charge in [-0.05, 0) is 108 Å². The summed E-state index contributed by atoms with van der Waals surface area (Å²) >= 11 is 0. The van der Waals surface area contributed by atoms with Gasteiger partial charge in [-0.2, -0.15) is 0 Å². The lowest BCUT2D eigenvalue weighted by Gasteiger charge is -2.39. The van der Waals surface area contributed by atoms with E-state index in [4.69, 9.17) is 9.72 Å². The molecule has 0 radical (unpaired) electrons. The number of halogens is 2. The predicted octanol–water partition coefficient (Wildman–Crippen LogP) is 7.36. The van der Waals surface area contributed by atoms with Crippen molar-refractivity contribution in [3.05, 3.63) is 71.6 Å². The maximum Gasteiger partial charge on any atom is 0.227 e. The molecule has 1 atom stereocenters. The highest BCUT2D eigenvalue weighted by molar-refractivity contribution is 5.76. The van der Waals surface area contributed by atoms with Crippen molar-refractivity contribution in [3.63, 3.8) is 0 Å². The van der Waals surface area contributed by atoms with Gasteiger partial charge in [0.25, 0.3) is 0 Å². The van der Waals surface area contributed by atoms with Crippen LogP contribution in [0.25, 0.3) is 11.3 Å². The quantitative estimate of drug-likeness (QED) is 0.349. The number of nitrogens with one attached hydrogen (secondary N) is 1. The van der Waals surface area contributed by atoms with Crippen molar-refractivity contribution in [2.45, 2.75) is 70.4 Å². The predicted molar refractivity (Wildman–Crippen MR) is 155 cm³/mol. The molecule has 3 aromatic rings. The summed E-state index contributed by atoms with van der Waals surface area (Å²) in [5.74, 6) is 0.519. The fourth-order valence-corrected chi connectivity index (χ4v) is 5.98. The van der Waals surface area contributed by atoms with E-state index in [1.165, 1.54) is 12.1 Å². The summed E-state index contributed by atoms with van der Waals surface area (Å²) in [6.45, 7) is 12.1. The van der Waals surface area contributed by atoms with Crippen molar-refractivity contribution < 1.29 is 13.5 Å². The zero-order valence-corrected chi connectivity index (χ0v) is 23.7. The van der Waals surface area contributed by atoms with E-state index in [0.717, 1.165) is 55.6 Å². The lowest BCUT2D eigenvalue weighted by Crippen LogP contribution is -2.40. The van der Waals surface area contributed by atoms with E-state index in [1.807, 2.05) is 36.2 Å². The second-order valence-corrected chi connectivity index (χ2v) is 11.7. The Kier molecular flexibility index (Phi) is 6.98. The fourth-order valence-electron chi connectivity index (χ4n) is 5.98. The Hall–Kier alpha value is -3.52. The molecule has 2 aromatic carbocycles. The summed E-state index contributed by atoms with van der Waals surface area (Å²) < 4.78 is 36.6. The summed E-state index contributed by atoms with van der Waals surface area (Å²) in [5, 5.41) is 3.18. The Morgan fingerprint density at radius 3 is 2.40 bits per heavy atom. The van der Waals surface area contributed by atoms with Gasteiger partial charge in [-0.3, -0.25) is 0 Å². The Labute approximate surface area is 235 Å². The van der Waals surface area contributed by atoms with E-state index in [1.54, 1.807) is 0 Å². The summed E-state index contributed by atoms with van der Waals surface area (Å²) in [6, 6.07) is 8.79. The number of nitrogens with zero attached hydrogens (tertiary/aromatic N) is 4. The van der Waals surface area contributed by atoms with Gasteiger partial charge in [-0.15, -0.1) is 0 Å². The maximum absolute atomic E-state index is 15.5. The number of anilines is 3. The lowest BCUT2D eigenvalue weighted by atomic mass is 9.89. The summed E-state index contributed by atoms with van der Waals surface area (Å²) in [5.41, 5.74) is 5.12. The first kappa shape index (κ1) is 26.7. The largest absolute Gasteiger partial charge is 0.479 e. The minimum Gasteiger partial charge on any atom is -0.479 e. The highest BCUT2D eigenvalue weighted by atomic mass is 19.1. The Bertz CT molecular complexity index is 1450. The van der Waals surface area contributed by atoms with Gasteiger partial charge in [0.2, 0.25) is 5.95 Å². The van der Waals surface area contributed by atoms with Gasteiger partial charge in [0.05, 0.1) is 17.1 Å². The molecule has 1 aromatic heterocycles. The minimum absolute atomic E-state index is 0.0742. The molecule has 210 valence electrons. The third kappa shape index (κ3) is 5.05. The van der Waals surface area contributed by atoms with Gasteiger partial charge >= 0.3 is 0 Å². The van der Waals surface area contributed by atoms with E-state index in [-0.39, 0.29) is 29.6 Å². The molecule has 40 heavy (non-hydrogen) atoms. The number of piperidine rings is 1. The molecule has 0 amide bonds. The Balaban J connectivity index is 1.33. The second-order valence-electron chi connectivity index (χ2n) is 11.7. The molecular formula is C32H37F2N5O. The molecule has 0 bridgehead atoms. The van der Waals surface area contributed by atoms with Gasteiger partial charge in [0.15, 0.2) is 11.6 Å². The number of fused-ring (bicyclic) bond motifs is 1. The van der Waals surface area contributed by atoms with Crippen LogP contribution in [0, 0.1) is 11.6 Å². The molecule has 6 nitrogen and oxygen atoms in total. The Morgan fingerprint density at radius 1 is 1.00 bits per heavy atom. The lowest BCUT2D eigenvalue weighted by molar-refractivity contribution is 0.229. The fraction of sp³-hybridized carbons (Fsp3) is 0.438. The number of aromatic nitrogens is 2. The van der Waals surface area contributed by atoms with Crippen molar-refractivity contribution >= 4 is 17.3 Å². The summed E-state index contributed by atoms with van der Waals surface area (Å²) in [4.78, 5) is 13.7. The van der Waals surface area contributed by atoms with E-state index >= 15 is 8.78 Å². The molecule has 8 heteroatoms. The van der Waals surface area contributed by atoms with Crippen LogP contribution in [0.2, 0.25) is 0 Å². The highest BCUT2D eigenvalue weighted by Gasteiger charge is 2.33.